The highest BCUT2D eigenvalue weighted by molar-refractivity contribution is 6.01. The van der Waals surface area contributed by atoms with Gasteiger partial charge >= 0.3 is 71.6 Å². The summed E-state index contributed by atoms with van der Waals surface area (Å²) in [5.74, 6) is -33.0. The summed E-state index contributed by atoms with van der Waals surface area (Å²) in [6.07, 6.45) is -8.45. The molecule has 0 aliphatic heterocycles. The summed E-state index contributed by atoms with van der Waals surface area (Å²) in [5, 5.41) is 92.2. The predicted octanol–water partition coefficient (Wildman–Crippen LogP) is -8.04. The highest BCUT2D eigenvalue weighted by atomic mass is 16.6. The summed E-state index contributed by atoms with van der Waals surface area (Å²) >= 11 is 0. The number of esters is 2. The van der Waals surface area contributed by atoms with Crippen LogP contribution in [0.25, 0.3) is 0 Å². The molecule has 0 aromatic heterocycles. The topological polar surface area (TPSA) is 547 Å². The van der Waals surface area contributed by atoms with Crippen LogP contribution in [0.2, 0.25) is 0 Å². The third-order valence-corrected chi connectivity index (χ3v) is 8.04. The van der Waals surface area contributed by atoms with Gasteiger partial charge in [0.05, 0.1) is 12.8 Å². The smallest absolute Gasteiger partial charge is 0.326 e. The molecule has 0 aliphatic carbocycles. The molecule has 0 bridgehead atoms. The minimum absolute atomic E-state index is 0.0138. The number of carboxylic acid groups (broad SMARTS) is 10. The lowest BCUT2D eigenvalue weighted by Crippen LogP contribution is -2.51. The summed E-state index contributed by atoms with van der Waals surface area (Å²) in [6, 6.07) is 0. The molecule has 0 radical (unpaired) electrons. The highest BCUT2D eigenvalue weighted by Gasteiger charge is 2.38. The standard InChI is InChI=1S/C36H42N6O30/c43-19(37(5-23(47)48)6-24(49)50)1-2-20(44)40(11-29(59)60)15-33(67)71-18(4-22(46)39(9-27(55)56)10-28(57)58)36(70)42(14-32(65)66)16-34(68)72-17(35(69)41(12-30(61)62)13-31(63)64)3-21(45)38(7-25(51)52)8-26(53)54/h1-2,17-18H,3-16H2,(H,47,48)(H,49,50)(H,51,52)(H,53,54)(H,55,56)(H,57,58)(H,59,60)(H,61,62)(H,63,64)(H,65,66). The molecule has 0 saturated carbocycles. The fourth-order valence-electron chi connectivity index (χ4n) is 5.34. The van der Waals surface area contributed by atoms with Gasteiger partial charge in [0.15, 0.2) is 12.2 Å². The monoisotopic (exact) mass is 1040 g/mol. The zero-order valence-corrected chi connectivity index (χ0v) is 36.5. The van der Waals surface area contributed by atoms with Gasteiger partial charge in [-0.05, 0) is 0 Å². The molecule has 0 spiro atoms. The summed E-state index contributed by atoms with van der Waals surface area (Å²) in [7, 11) is 0. The van der Waals surface area contributed by atoms with E-state index in [0.717, 1.165) is 0 Å². The molecular weight excluding hydrogens is 996 g/mol. The van der Waals surface area contributed by atoms with Gasteiger partial charge in [-0.3, -0.25) is 86.3 Å². The Morgan fingerprint density at radius 3 is 0.736 bits per heavy atom. The number of aliphatic carboxylic acids is 10. The van der Waals surface area contributed by atoms with Gasteiger partial charge in [0.2, 0.25) is 23.6 Å². The molecule has 0 aromatic carbocycles. The highest BCUT2D eigenvalue weighted by Crippen LogP contribution is 2.14. The molecule has 36 heteroatoms. The lowest BCUT2D eigenvalue weighted by molar-refractivity contribution is -0.171. The number of nitrogens with zero attached hydrogens (tertiary/aromatic N) is 6. The Bertz CT molecular complexity index is 2180. The van der Waals surface area contributed by atoms with E-state index in [1.54, 1.807) is 0 Å². The van der Waals surface area contributed by atoms with Crippen LogP contribution in [0.4, 0.5) is 0 Å². The van der Waals surface area contributed by atoms with Crippen molar-refractivity contribution in [1.29, 1.82) is 0 Å². The fourth-order valence-corrected chi connectivity index (χ4v) is 5.34. The van der Waals surface area contributed by atoms with Crippen LogP contribution in [0, 0.1) is 0 Å². The average molecular weight is 1040 g/mol. The van der Waals surface area contributed by atoms with E-state index in [1.807, 2.05) is 0 Å². The molecule has 0 fully saturated rings. The van der Waals surface area contributed by atoms with Gasteiger partial charge in [-0.15, -0.1) is 0 Å². The first-order valence-electron chi connectivity index (χ1n) is 19.2. The molecule has 2 unspecified atom stereocenters. The zero-order chi connectivity index (χ0) is 55.7. The second-order valence-electron chi connectivity index (χ2n) is 13.9. The Balaban J connectivity index is 7.39. The molecular formula is C36H42N6O30. The second-order valence-corrected chi connectivity index (χ2v) is 13.9. The molecule has 396 valence electrons. The third kappa shape index (κ3) is 25.4. The number of carbonyl (C=O) groups excluding carboxylic acids is 8. The van der Waals surface area contributed by atoms with Crippen molar-refractivity contribution in [3.63, 3.8) is 0 Å². The lowest BCUT2D eigenvalue weighted by atomic mass is 10.1. The van der Waals surface area contributed by atoms with E-state index in [0.29, 0.717) is 0 Å². The molecule has 0 aromatic rings. The maximum Gasteiger partial charge on any atom is 0.326 e. The Labute approximate surface area is 398 Å². The van der Waals surface area contributed by atoms with Crippen molar-refractivity contribution in [1.82, 2.24) is 29.4 Å². The Kier molecular flexibility index (Phi) is 25.8. The Hall–Kier alpha value is -9.80. The van der Waals surface area contributed by atoms with E-state index in [9.17, 15) is 117 Å². The quantitative estimate of drug-likeness (QED) is 0.0211. The first-order valence-corrected chi connectivity index (χ1v) is 19.2. The van der Waals surface area contributed by atoms with Crippen LogP contribution in [0.5, 0.6) is 0 Å². The van der Waals surface area contributed by atoms with Crippen molar-refractivity contribution in [2.75, 3.05) is 78.5 Å². The van der Waals surface area contributed by atoms with Crippen molar-refractivity contribution in [2.24, 2.45) is 0 Å². The fraction of sp³-hybridized carbons (Fsp3) is 0.444. The predicted molar refractivity (Wildman–Crippen MR) is 214 cm³/mol. The van der Waals surface area contributed by atoms with Crippen LogP contribution < -0.4 is 0 Å². The van der Waals surface area contributed by atoms with Crippen molar-refractivity contribution in [3.8, 4) is 0 Å². The van der Waals surface area contributed by atoms with Crippen LogP contribution in [0.1, 0.15) is 12.8 Å². The Morgan fingerprint density at radius 1 is 0.292 bits per heavy atom. The van der Waals surface area contributed by atoms with E-state index in [-0.39, 0.29) is 41.6 Å². The maximum atomic E-state index is 14.0. The van der Waals surface area contributed by atoms with E-state index >= 15 is 0 Å². The number of hydrogen-bond acceptors (Lipinski definition) is 20. The van der Waals surface area contributed by atoms with E-state index in [2.05, 4.69) is 0 Å². The maximum absolute atomic E-state index is 14.0. The zero-order valence-electron chi connectivity index (χ0n) is 36.5. The summed E-state index contributed by atoms with van der Waals surface area (Å²) < 4.78 is 9.79. The van der Waals surface area contributed by atoms with Gasteiger partial charge in [0.25, 0.3) is 11.8 Å². The minimum Gasteiger partial charge on any atom is -0.480 e. The average Bonchev–Trinajstić information content (AvgIpc) is 3.21. The number of ether oxygens (including phenoxy) is 2. The Morgan fingerprint density at radius 2 is 0.486 bits per heavy atom. The molecule has 72 heavy (non-hydrogen) atoms. The summed E-state index contributed by atoms with van der Waals surface area (Å²) in [4.78, 5) is 220. The van der Waals surface area contributed by atoms with Gasteiger partial charge < -0.3 is 89.9 Å². The molecule has 0 rings (SSSR count). The van der Waals surface area contributed by atoms with Crippen LogP contribution in [0.3, 0.4) is 0 Å². The molecule has 0 saturated heterocycles. The number of hydrogen-bond donors (Lipinski definition) is 10. The molecule has 0 heterocycles. The number of carboxylic acids is 10. The number of carbonyl (C=O) groups is 18. The first-order chi connectivity index (χ1) is 33.2. The van der Waals surface area contributed by atoms with Gasteiger partial charge in [-0.25, -0.2) is 0 Å². The molecule has 10 N–H and O–H groups in total. The van der Waals surface area contributed by atoms with Crippen LogP contribution in [0.15, 0.2) is 12.2 Å². The minimum atomic E-state index is -2.86. The number of rotatable bonds is 34. The van der Waals surface area contributed by atoms with E-state index < -0.39 is 211 Å². The van der Waals surface area contributed by atoms with Crippen molar-refractivity contribution < 1.29 is 147 Å². The molecule has 6 amide bonds. The SMILES string of the molecule is O=C(O)CN(CC(=O)O)C(=O)C=CC(=O)N(CC(=O)O)CC(=O)OC(CC(=O)N(CC(=O)O)CC(=O)O)C(=O)N(CC(=O)O)CC(=O)OC(CC(=O)N(CC(=O)O)CC(=O)O)C(=O)N(CC(=O)O)CC(=O)O. The van der Waals surface area contributed by atoms with Crippen LogP contribution in [-0.4, -0.2) is 278 Å². The normalized spacial score (nSPS) is 11.3. The largest absolute Gasteiger partial charge is 0.480 e. The summed E-state index contributed by atoms with van der Waals surface area (Å²) in [5.41, 5.74) is 0. The van der Waals surface area contributed by atoms with E-state index in [4.69, 9.17) is 29.9 Å². The van der Waals surface area contributed by atoms with Crippen LogP contribution >= 0.6 is 0 Å². The molecule has 0 aliphatic rings. The number of amides is 6. The van der Waals surface area contributed by atoms with E-state index in [1.165, 1.54) is 0 Å². The molecule has 2 atom stereocenters. The van der Waals surface area contributed by atoms with Gasteiger partial charge in [-0.1, -0.05) is 0 Å². The lowest BCUT2D eigenvalue weighted by Gasteiger charge is -2.29. The van der Waals surface area contributed by atoms with Gasteiger partial charge in [0, 0.05) is 12.2 Å². The van der Waals surface area contributed by atoms with Crippen molar-refractivity contribution in [3.05, 3.63) is 12.2 Å². The molecule has 36 nitrogen and oxygen atoms in total. The third-order valence-electron chi connectivity index (χ3n) is 8.04. The second kappa shape index (κ2) is 29.8. The van der Waals surface area contributed by atoms with Crippen LogP contribution in [-0.2, 0) is 95.8 Å². The van der Waals surface area contributed by atoms with Gasteiger partial charge in [-0.2, -0.15) is 0 Å². The van der Waals surface area contributed by atoms with Gasteiger partial charge in [0.1, 0.15) is 78.5 Å². The first kappa shape index (κ1) is 62.2. The van der Waals surface area contributed by atoms with Crippen molar-refractivity contribution >= 4 is 107 Å². The van der Waals surface area contributed by atoms with Crippen molar-refractivity contribution in [2.45, 2.75) is 25.0 Å². The summed E-state index contributed by atoms with van der Waals surface area (Å²) in [6.45, 7) is -17.8.